The highest BCUT2D eigenvalue weighted by atomic mass is 16.3. The van der Waals surface area contributed by atoms with Crippen molar-refractivity contribution in [2.75, 3.05) is 0 Å². The van der Waals surface area contributed by atoms with Gasteiger partial charge < -0.3 is 13.6 Å². The lowest BCUT2D eigenvalue weighted by atomic mass is 10.0. The van der Waals surface area contributed by atoms with Crippen LogP contribution < -0.4 is 0 Å². The van der Waals surface area contributed by atoms with Crippen molar-refractivity contribution in [1.82, 2.24) is 9.13 Å². The van der Waals surface area contributed by atoms with Crippen LogP contribution in [0.5, 0.6) is 0 Å². The first-order chi connectivity index (χ1) is 27.3. The van der Waals surface area contributed by atoms with Crippen LogP contribution in [0.4, 0.5) is 0 Å². The molecule has 9 aromatic carbocycles. The van der Waals surface area contributed by atoms with Crippen molar-refractivity contribution in [1.29, 1.82) is 0 Å². The number of fused-ring (bicyclic) bond motifs is 14. The van der Waals surface area contributed by atoms with E-state index in [-0.39, 0.29) is 0 Å². The van der Waals surface area contributed by atoms with Crippen LogP contribution >= 0.6 is 0 Å². The molecule has 0 N–H and O–H groups in total. The molecule has 0 spiro atoms. The van der Waals surface area contributed by atoms with Gasteiger partial charge in [0.15, 0.2) is 0 Å². The van der Waals surface area contributed by atoms with E-state index in [9.17, 15) is 0 Å². The molecule has 1 aliphatic rings. The van der Waals surface area contributed by atoms with Crippen molar-refractivity contribution in [3.63, 3.8) is 0 Å². The molecule has 0 amide bonds. The normalized spacial score (nSPS) is 12.4. The van der Waals surface area contributed by atoms with Gasteiger partial charge in [0, 0.05) is 38.0 Å². The van der Waals surface area contributed by atoms with Crippen LogP contribution in [-0.2, 0) is 0 Å². The molecule has 0 bridgehead atoms. The maximum atomic E-state index is 6.79. The van der Waals surface area contributed by atoms with Crippen LogP contribution in [-0.4, -0.2) is 9.13 Å². The molecule has 3 heterocycles. The van der Waals surface area contributed by atoms with E-state index in [1.165, 1.54) is 77.0 Å². The van der Waals surface area contributed by atoms with Crippen LogP contribution in [0.25, 0.3) is 121 Å². The van der Waals surface area contributed by atoms with Crippen LogP contribution in [0.15, 0.2) is 186 Å². The Hall–Kier alpha value is -7.36. The molecule has 0 atom stereocenters. The molecule has 254 valence electrons. The molecular weight excluding hydrogens is 669 g/mol. The molecule has 1 aliphatic carbocycles. The number of hydrogen-bond donors (Lipinski definition) is 0. The van der Waals surface area contributed by atoms with Crippen molar-refractivity contribution in [3.05, 3.63) is 182 Å². The van der Waals surface area contributed by atoms with Crippen LogP contribution in [0.2, 0.25) is 0 Å². The Morgan fingerprint density at radius 3 is 1.82 bits per heavy atom. The number of benzene rings is 9. The van der Waals surface area contributed by atoms with Gasteiger partial charge in [0.05, 0.1) is 33.1 Å². The van der Waals surface area contributed by atoms with Gasteiger partial charge in [-0.05, 0) is 81.2 Å². The van der Waals surface area contributed by atoms with Crippen molar-refractivity contribution in [3.8, 4) is 44.8 Å². The third-order valence-corrected chi connectivity index (χ3v) is 12.1. The van der Waals surface area contributed by atoms with Crippen LogP contribution in [0, 0.1) is 0 Å². The second-order valence-electron chi connectivity index (χ2n) is 14.8. The Kier molecular flexibility index (Phi) is 5.63. The van der Waals surface area contributed by atoms with Gasteiger partial charge in [0.2, 0.25) is 0 Å². The summed E-state index contributed by atoms with van der Waals surface area (Å²) in [6.45, 7) is 0. The van der Waals surface area contributed by atoms with Crippen molar-refractivity contribution < 1.29 is 4.42 Å². The number of nitrogens with zero attached hydrogens (tertiary/aromatic N) is 2. The third kappa shape index (κ3) is 3.79. The first-order valence-electron chi connectivity index (χ1n) is 18.9. The molecule has 13 rings (SSSR count). The number of rotatable bonds is 3. The largest absolute Gasteiger partial charge is 0.455 e. The predicted molar refractivity (Wildman–Crippen MR) is 230 cm³/mol. The summed E-state index contributed by atoms with van der Waals surface area (Å²) >= 11 is 0. The molecule has 3 nitrogen and oxygen atoms in total. The minimum atomic E-state index is 0.905. The van der Waals surface area contributed by atoms with Crippen molar-refractivity contribution in [2.24, 2.45) is 0 Å². The van der Waals surface area contributed by atoms with Gasteiger partial charge in [0.1, 0.15) is 11.2 Å². The average molecular weight is 699 g/mol. The predicted octanol–water partition coefficient (Wildman–Crippen LogP) is 14.2. The summed E-state index contributed by atoms with van der Waals surface area (Å²) in [5.74, 6) is 0. The summed E-state index contributed by atoms with van der Waals surface area (Å²) in [5, 5.41) is 9.59. The zero-order valence-corrected chi connectivity index (χ0v) is 29.6. The van der Waals surface area contributed by atoms with Gasteiger partial charge >= 0.3 is 0 Å². The zero-order chi connectivity index (χ0) is 35.8. The van der Waals surface area contributed by atoms with E-state index < -0.39 is 0 Å². The Balaban J connectivity index is 1.21. The summed E-state index contributed by atoms with van der Waals surface area (Å²) in [6, 6.07) is 66.4. The summed E-state index contributed by atoms with van der Waals surface area (Å²) < 4.78 is 11.8. The summed E-state index contributed by atoms with van der Waals surface area (Å²) in [5.41, 5.74) is 16.4. The van der Waals surface area contributed by atoms with Gasteiger partial charge in [-0.3, -0.25) is 0 Å². The molecule has 0 fully saturated rings. The van der Waals surface area contributed by atoms with E-state index in [1.807, 2.05) is 0 Å². The Labute approximate surface area is 315 Å². The molecule has 0 saturated carbocycles. The average Bonchev–Trinajstić information content (AvgIpc) is 3.99. The first kappa shape index (κ1) is 29.1. The monoisotopic (exact) mass is 698 g/mol. The van der Waals surface area contributed by atoms with E-state index >= 15 is 0 Å². The second kappa shape index (κ2) is 10.6. The summed E-state index contributed by atoms with van der Waals surface area (Å²) in [4.78, 5) is 0. The van der Waals surface area contributed by atoms with E-state index in [1.54, 1.807) is 0 Å². The lowest BCUT2D eigenvalue weighted by Crippen LogP contribution is -1.99. The first-order valence-corrected chi connectivity index (χ1v) is 18.9. The minimum Gasteiger partial charge on any atom is -0.455 e. The lowest BCUT2D eigenvalue weighted by molar-refractivity contribution is 0.673. The second-order valence-corrected chi connectivity index (χ2v) is 14.8. The van der Waals surface area contributed by atoms with E-state index in [2.05, 4.69) is 191 Å². The molecular formula is C52H30N2O. The molecule has 12 aromatic rings. The molecule has 0 radical (unpaired) electrons. The summed E-state index contributed by atoms with van der Waals surface area (Å²) in [7, 11) is 0. The minimum absolute atomic E-state index is 0.905. The van der Waals surface area contributed by atoms with Gasteiger partial charge in [0.25, 0.3) is 0 Å². The summed E-state index contributed by atoms with van der Waals surface area (Å²) in [6.07, 6.45) is 0. The number of aromatic nitrogens is 2. The smallest absolute Gasteiger partial charge is 0.145 e. The van der Waals surface area contributed by atoms with Crippen LogP contribution in [0.3, 0.4) is 0 Å². The molecule has 0 unspecified atom stereocenters. The molecule has 55 heavy (non-hydrogen) atoms. The van der Waals surface area contributed by atoms with Crippen LogP contribution in [0.1, 0.15) is 0 Å². The molecule has 3 heteroatoms. The maximum Gasteiger partial charge on any atom is 0.145 e. The number of furan rings is 1. The SMILES string of the molecule is c1ccc(-c2ccc(-n3c4ccc5c6ccccc6oc5c4c4ccc5c6ccccc6n(-c6ccc7c8c(cccc68)-c6ccccc6-7)c5c43)cc2)cc1. The van der Waals surface area contributed by atoms with E-state index in [0.29, 0.717) is 0 Å². The standard InChI is InChI=1S/C52H30N2O/c1-2-11-31(12-3-1)32-21-23-33(24-22-32)53-46-30-28-41-37-16-7-9-20-47(37)55-52(41)49(46)43-26-25-40-36-15-6-8-19-44(36)54(50(40)51(43)53)45-29-27-39-35-14-5-4-13-34(35)38-17-10-18-42(45)48(38)39/h1-30H. The molecule has 0 saturated heterocycles. The van der Waals surface area contributed by atoms with Gasteiger partial charge in [-0.25, -0.2) is 0 Å². The van der Waals surface area contributed by atoms with Gasteiger partial charge in [-0.15, -0.1) is 0 Å². The number of hydrogen-bond acceptors (Lipinski definition) is 1. The highest BCUT2D eigenvalue weighted by molar-refractivity contribution is 6.30. The Morgan fingerprint density at radius 1 is 0.327 bits per heavy atom. The highest BCUT2D eigenvalue weighted by Crippen LogP contribution is 2.50. The fraction of sp³-hybridized carbons (Fsp3) is 0. The molecule has 3 aromatic heterocycles. The fourth-order valence-corrected chi connectivity index (χ4v) is 9.75. The van der Waals surface area contributed by atoms with Gasteiger partial charge in [-0.1, -0.05) is 140 Å². The Morgan fingerprint density at radius 2 is 0.964 bits per heavy atom. The Bertz CT molecular complexity index is 3550. The number of para-hydroxylation sites is 2. The van der Waals surface area contributed by atoms with E-state index in [4.69, 9.17) is 4.42 Å². The maximum absolute atomic E-state index is 6.79. The zero-order valence-electron chi connectivity index (χ0n) is 29.6. The third-order valence-electron chi connectivity index (χ3n) is 12.1. The fourth-order valence-electron chi connectivity index (χ4n) is 9.75. The molecule has 0 aliphatic heterocycles. The van der Waals surface area contributed by atoms with Crippen molar-refractivity contribution in [2.45, 2.75) is 0 Å². The quantitative estimate of drug-likeness (QED) is 0.180. The van der Waals surface area contributed by atoms with Crippen molar-refractivity contribution >= 4 is 76.3 Å². The van der Waals surface area contributed by atoms with Gasteiger partial charge in [-0.2, -0.15) is 0 Å². The highest BCUT2D eigenvalue weighted by Gasteiger charge is 2.27. The lowest BCUT2D eigenvalue weighted by Gasteiger charge is -2.15. The van der Waals surface area contributed by atoms with E-state index in [0.717, 1.165) is 44.0 Å². The topological polar surface area (TPSA) is 23.0 Å².